The molecule has 2 fully saturated rings. The van der Waals surface area contributed by atoms with Crippen LogP contribution in [-0.4, -0.2) is 31.7 Å². The molecule has 1 amide bonds. The molecule has 5 heteroatoms. The summed E-state index contributed by atoms with van der Waals surface area (Å²) in [5.41, 5.74) is 7.19. The lowest BCUT2D eigenvalue weighted by molar-refractivity contribution is -0.124. The standard InChI is InChI=1S/C19H27FN2O2/c20-16-5-3-15(4-6-16)19(9-1-2-10-19)13-22-18(23)17(21)14-7-11-24-12-8-14/h3-6,14,17H,1-2,7-13,21H2,(H,22,23). The van der Waals surface area contributed by atoms with Crippen molar-refractivity contribution in [3.63, 3.8) is 0 Å². The minimum atomic E-state index is -0.472. The van der Waals surface area contributed by atoms with Gasteiger partial charge in [0.2, 0.25) is 5.91 Å². The zero-order valence-electron chi connectivity index (χ0n) is 14.1. The molecule has 1 atom stereocenters. The maximum atomic E-state index is 13.2. The van der Waals surface area contributed by atoms with Crippen LogP contribution in [0.15, 0.2) is 24.3 Å². The Morgan fingerprint density at radius 1 is 1.25 bits per heavy atom. The first-order valence-corrected chi connectivity index (χ1v) is 8.98. The van der Waals surface area contributed by atoms with Gasteiger partial charge in [0.25, 0.3) is 0 Å². The van der Waals surface area contributed by atoms with Gasteiger partial charge in [-0.1, -0.05) is 25.0 Å². The fourth-order valence-corrected chi connectivity index (χ4v) is 4.09. The number of benzene rings is 1. The normalized spacial score (nSPS) is 22.2. The molecule has 132 valence electrons. The van der Waals surface area contributed by atoms with E-state index in [2.05, 4.69) is 5.32 Å². The van der Waals surface area contributed by atoms with Gasteiger partial charge in [0.15, 0.2) is 0 Å². The number of amides is 1. The van der Waals surface area contributed by atoms with Crippen LogP contribution in [0.1, 0.15) is 44.1 Å². The molecule has 2 aliphatic rings. The van der Waals surface area contributed by atoms with Crippen LogP contribution < -0.4 is 11.1 Å². The zero-order valence-corrected chi connectivity index (χ0v) is 14.1. The molecule has 1 saturated carbocycles. The second-order valence-electron chi connectivity index (χ2n) is 7.19. The minimum Gasteiger partial charge on any atom is -0.381 e. The lowest BCUT2D eigenvalue weighted by Crippen LogP contribution is -2.50. The predicted molar refractivity (Wildman–Crippen MR) is 91.1 cm³/mol. The van der Waals surface area contributed by atoms with E-state index in [1.807, 2.05) is 12.1 Å². The number of nitrogens with one attached hydrogen (secondary N) is 1. The van der Waals surface area contributed by atoms with Gasteiger partial charge in [-0.3, -0.25) is 4.79 Å². The van der Waals surface area contributed by atoms with Crippen LogP contribution in [0.2, 0.25) is 0 Å². The third kappa shape index (κ3) is 3.78. The van der Waals surface area contributed by atoms with E-state index in [1.54, 1.807) is 0 Å². The summed E-state index contributed by atoms with van der Waals surface area (Å²) in [5.74, 6) is -0.100. The maximum absolute atomic E-state index is 13.2. The molecular weight excluding hydrogens is 307 g/mol. The molecule has 1 aromatic carbocycles. The number of carbonyl (C=O) groups is 1. The predicted octanol–water partition coefficient (Wildman–Crippen LogP) is 2.51. The van der Waals surface area contributed by atoms with Gasteiger partial charge in [-0.2, -0.15) is 0 Å². The summed E-state index contributed by atoms with van der Waals surface area (Å²) < 4.78 is 18.6. The van der Waals surface area contributed by atoms with Crippen molar-refractivity contribution in [2.75, 3.05) is 19.8 Å². The Labute approximate surface area is 142 Å². The monoisotopic (exact) mass is 334 g/mol. The van der Waals surface area contributed by atoms with Crippen molar-refractivity contribution in [1.82, 2.24) is 5.32 Å². The second kappa shape index (κ2) is 7.62. The van der Waals surface area contributed by atoms with Crippen LogP contribution >= 0.6 is 0 Å². The molecule has 0 bridgehead atoms. The molecule has 1 unspecified atom stereocenters. The lowest BCUT2D eigenvalue weighted by Gasteiger charge is -2.32. The van der Waals surface area contributed by atoms with E-state index in [9.17, 15) is 9.18 Å². The van der Waals surface area contributed by atoms with Crippen LogP contribution in [0.5, 0.6) is 0 Å². The molecule has 3 N–H and O–H groups in total. The molecular formula is C19H27FN2O2. The van der Waals surface area contributed by atoms with Crippen molar-refractivity contribution >= 4 is 5.91 Å². The first-order valence-electron chi connectivity index (χ1n) is 8.98. The zero-order chi connectivity index (χ0) is 17.0. The highest BCUT2D eigenvalue weighted by molar-refractivity contribution is 5.82. The second-order valence-corrected chi connectivity index (χ2v) is 7.19. The molecule has 1 heterocycles. The Balaban J connectivity index is 1.63. The number of ether oxygens (including phenoxy) is 1. The van der Waals surface area contributed by atoms with Gasteiger partial charge < -0.3 is 15.8 Å². The molecule has 4 nitrogen and oxygen atoms in total. The quantitative estimate of drug-likeness (QED) is 0.869. The average Bonchev–Trinajstić information content (AvgIpc) is 3.10. The van der Waals surface area contributed by atoms with Crippen LogP contribution in [-0.2, 0) is 14.9 Å². The van der Waals surface area contributed by atoms with Crippen LogP contribution in [0, 0.1) is 11.7 Å². The third-order valence-electron chi connectivity index (χ3n) is 5.69. The molecule has 0 aromatic heterocycles. The lowest BCUT2D eigenvalue weighted by atomic mass is 9.78. The Hall–Kier alpha value is -1.46. The van der Waals surface area contributed by atoms with Gasteiger partial charge >= 0.3 is 0 Å². The van der Waals surface area contributed by atoms with E-state index in [1.165, 1.54) is 12.1 Å². The summed E-state index contributed by atoms with van der Waals surface area (Å²) in [6.45, 7) is 1.95. The van der Waals surface area contributed by atoms with Gasteiger partial charge in [0.05, 0.1) is 6.04 Å². The summed E-state index contributed by atoms with van der Waals surface area (Å²) in [4.78, 5) is 12.5. The Morgan fingerprint density at radius 2 is 1.88 bits per heavy atom. The molecule has 1 aliphatic carbocycles. The van der Waals surface area contributed by atoms with E-state index in [-0.39, 0.29) is 23.1 Å². The van der Waals surface area contributed by atoms with Gasteiger partial charge in [0, 0.05) is 25.2 Å². The van der Waals surface area contributed by atoms with Crippen molar-refractivity contribution < 1.29 is 13.9 Å². The fraction of sp³-hybridized carbons (Fsp3) is 0.632. The summed E-state index contributed by atoms with van der Waals surface area (Å²) >= 11 is 0. The smallest absolute Gasteiger partial charge is 0.237 e. The SMILES string of the molecule is NC(C(=O)NCC1(c2ccc(F)cc2)CCCC1)C1CCOCC1. The summed E-state index contributed by atoms with van der Waals surface area (Å²) in [6, 6.07) is 6.24. The summed E-state index contributed by atoms with van der Waals surface area (Å²) in [7, 11) is 0. The van der Waals surface area contributed by atoms with Gasteiger partial charge in [-0.05, 0) is 49.3 Å². The average molecular weight is 334 g/mol. The highest BCUT2D eigenvalue weighted by Gasteiger charge is 2.37. The number of hydrogen-bond acceptors (Lipinski definition) is 3. The molecule has 1 aliphatic heterocycles. The number of hydrogen-bond donors (Lipinski definition) is 2. The van der Waals surface area contributed by atoms with Crippen LogP contribution in [0.4, 0.5) is 4.39 Å². The molecule has 1 aromatic rings. The van der Waals surface area contributed by atoms with Crippen molar-refractivity contribution in [3.05, 3.63) is 35.6 Å². The van der Waals surface area contributed by atoms with E-state index < -0.39 is 6.04 Å². The maximum Gasteiger partial charge on any atom is 0.237 e. The van der Waals surface area contributed by atoms with Crippen molar-refractivity contribution in [1.29, 1.82) is 0 Å². The number of rotatable bonds is 5. The highest BCUT2D eigenvalue weighted by Crippen LogP contribution is 2.40. The summed E-state index contributed by atoms with van der Waals surface area (Å²) in [5, 5.41) is 3.08. The van der Waals surface area contributed by atoms with Crippen molar-refractivity contribution in [2.45, 2.75) is 50.0 Å². The van der Waals surface area contributed by atoms with Crippen LogP contribution in [0.3, 0.4) is 0 Å². The Kier molecular flexibility index (Phi) is 5.51. The van der Waals surface area contributed by atoms with Gasteiger partial charge in [-0.15, -0.1) is 0 Å². The number of nitrogens with two attached hydrogens (primary N) is 1. The first-order chi connectivity index (χ1) is 11.6. The van der Waals surface area contributed by atoms with Gasteiger partial charge in [0.1, 0.15) is 5.82 Å². The molecule has 0 radical (unpaired) electrons. The minimum absolute atomic E-state index is 0.0738. The molecule has 0 spiro atoms. The fourth-order valence-electron chi connectivity index (χ4n) is 4.09. The molecule has 3 rings (SSSR count). The van der Waals surface area contributed by atoms with E-state index in [0.717, 1.165) is 44.1 Å². The van der Waals surface area contributed by atoms with E-state index in [0.29, 0.717) is 19.8 Å². The first kappa shape index (κ1) is 17.4. The van der Waals surface area contributed by atoms with Crippen LogP contribution in [0.25, 0.3) is 0 Å². The third-order valence-corrected chi connectivity index (χ3v) is 5.69. The topological polar surface area (TPSA) is 64.4 Å². The Bertz CT molecular complexity index is 549. The molecule has 24 heavy (non-hydrogen) atoms. The van der Waals surface area contributed by atoms with Crippen molar-refractivity contribution in [2.24, 2.45) is 11.7 Å². The number of carbonyl (C=O) groups excluding carboxylic acids is 1. The van der Waals surface area contributed by atoms with E-state index in [4.69, 9.17) is 10.5 Å². The van der Waals surface area contributed by atoms with E-state index >= 15 is 0 Å². The largest absolute Gasteiger partial charge is 0.381 e. The summed E-state index contributed by atoms with van der Waals surface area (Å²) in [6.07, 6.45) is 6.00. The van der Waals surface area contributed by atoms with Gasteiger partial charge in [-0.25, -0.2) is 4.39 Å². The number of halogens is 1. The molecule has 1 saturated heterocycles. The Morgan fingerprint density at radius 3 is 2.50 bits per heavy atom. The van der Waals surface area contributed by atoms with Crippen molar-refractivity contribution in [3.8, 4) is 0 Å². The highest BCUT2D eigenvalue weighted by atomic mass is 19.1.